The number of hydrogen-bond donors (Lipinski definition) is 2. The van der Waals surface area contributed by atoms with Gasteiger partial charge in [0.2, 0.25) is 0 Å². The minimum atomic E-state index is -0.685. The van der Waals surface area contributed by atoms with Gasteiger partial charge in [0.05, 0.1) is 17.6 Å². The largest absolute Gasteiger partial charge is 0.506 e. The summed E-state index contributed by atoms with van der Waals surface area (Å²) in [4.78, 5) is 13.2. The molecule has 1 rings (SSSR count). The van der Waals surface area contributed by atoms with Crippen LogP contribution in [0.2, 0.25) is 0 Å². The molecule has 2 N–H and O–H groups in total. The zero-order valence-corrected chi connectivity index (χ0v) is 13.8. The first-order valence-electron chi connectivity index (χ1n) is 6.39. The number of halogens is 2. The molecule has 1 aromatic rings. The molecule has 0 aliphatic rings. The number of ether oxygens (including phenoxy) is 1. The number of amides is 1. The third kappa shape index (κ3) is 5.51. The highest BCUT2D eigenvalue weighted by molar-refractivity contribution is 9.10. The summed E-state index contributed by atoms with van der Waals surface area (Å²) >= 11 is 3.04. The van der Waals surface area contributed by atoms with Crippen LogP contribution in [0, 0.1) is 5.82 Å². The lowest BCUT2D eigenvalue weighted by Gasteiger charge is -2.27. The van der Waals surface area contributed by atoms with Crippen molar-refractivity contribution in [3.63, 3.8) is 0 Å². The van der Waals surface area contributed by atoms with E-state index in [4.69, 9.17) is 9.84 Å². The summed E-state index contributed by atoms with van der Waals surface area (Å²) in [5.41, 5.74) is -0.462. The van der Waals surface area contributed by atoms with Crippen LogP contribution in [0.5, 0.6) is 5.75 Å². The quantitative estimate of drug-likeness (QED) is 0.862. The van der Waals surface area contributed by atoms with Crippen LogP contribution in [-0.4, -0.2) is 40.0 Å². The summed E-state index contributed by atoms with van der Waals surface area (Å²) in [5.74, 6) is -0.689. The number of hydrogen-bond acceptors (Lipinski definition) is 4. The van der Waals surface area contributed by atoms with E-state index in [0.717, 1.165) is 12.1 Å². The van der Waals surface area contributed by atoms with Crippen molar-refractivity contribution in [2.75, 3.05) is 13.2 Å². The second-order valence-electron chi connectivity index (χ2n) is 5.52. The van der Waals surface area contributed by atoms with Gasteiger partial charge in [-0.15, -0.1) is 0 Å². The Balaban J connectivity index is 2.96. The predicted molar refractivity (Wildman–Crippen MR) is 79.5 cm³/mol. The molecule has 0 fully saturated rings. The molecule has 0 atom stereocenters. The van der Waals surface area contributed by atoms with Crippen LogP contribution in [-0.2, 0) is 11.3 Å². The molecule has 0 bridgehead atoms. The van der Waals surface area contributed by atoms with Crippen molar-refractivity contribution in [1.29, 1.82) is 0 Å². The number of nitrogens with zero attached hydrogens (tertiary/aromatic N) is 1. The Labute approximate surface area is 131 Å². The number of aromatic hydroxyl groups is 1. The molecule has 0 saturated carbocycles. The average molecular weight is 364 g/mol. The van der Waals surface area contributed by atoms with Crippen LogP contribution in [0.4, 0.5) is 9.18 Å². The molecule has 21 heavy (non-hydrogen) atoms. The van der Waals surface area contributed by atoms with Crippen molar-refractivity contribution in [2.24, 2.45) is 0 Å². The minimum absolute atomic E-state index is 0.0164. The molecule has 1 amide bonds. The lowest BCUT2D eigenvalue weighted by Crippen LogP contribution is -2.38. The molecular formula is C14H19BrFNO4. The molecule has 0 radical (unpaired) electrons. The van der Waals surface area contributed by atoms with Gasteiger partial charge in [-0.3, -0.25) is 0 Å². The monoisotopic (exact) mass is 363 g/mol. The maximum atomic E-state index is 13.4. The standard InChI is InChI=1S/C14H19BrFNO4/c1-14(2,3)21-13(20)17(4-5-18)8-9-6-10(16)7-11(15)12(9)19/h6-7,18-19H,4-5,8H2,1-3H3. The van der Waals surface area contributed by atoms with Crippen LogP contribution in [0.15, 0.2) is 16.6 Å². The van der Waals surface area contributed by atoms with Crippen LogP contribution in [0.3, 0.4) is 0 Å². The van der Waals surface area contributed by atoms with Gasteiger partial charge < -0.3 is 19.8 Å². The maximum absolute atomic E-state index is 13.4. The smallest absolute Gasteiger partial charge is 0.410 e. The number of carbonyl (C=O) groups excluding carboxylic acids is 1. The molecule has 0 aromatic heterocycles. The van der Waals surface area contributed by atoms with Crippen LogP contribution < -0.4 is 0 Å². The Morgan fingerprint density at radius 1 is 1.43 bits per heavy atom. The van der Waals surface area contributed by atoms with E-state index >= 15 is 0 Å². The SMILES string of the molecule is CC(C)(C)OC(=O)N(CCO)Cc1cc(F)cc(Br)c1O. The fourth-order valence-electron chi connectivity index (χ4n) is 1.63. The fourth-order valence-corrected chi connectivity index (χ4v) is 2.10. The molecule has 0 saturated heterocycles. The molecule has 1 aromatic carbocycles. The predicted octanol–water partition coefficient (Wildman–Crippen LogP) is 3.02. The Hall–Kier alpha value is -1.34. The Morgan fingerprint density at radius 2 is 2.05 bits per heavy atom. The van der Waals surface area contributed by atoms with Gasteiger partial charge in [-0.05, 0) is 48.8 Å². The van der Waals surface area contributed by atoms with E-state index < -0.39 is 17.5 Å². The maximum Gasteiger partial charge on any atom is 0.410 e. The lowest BCUT2D eigenvalue weighted by molar-refractivity contribution is 0.0200. The molecule has 7 heteroatoms. The van der Waals surface area contributed by atoms with Crippen molar-refractivity contribution in [3.8, 4) is 5.75 Å². The van der Waals surface area contributed by atoms with Gasteiger partial charge in [-0.25, -0.2) is 9.18 Å². The molecule has 5 nitrogen and oxygen atoms in total. The highest BCUT2D eigenvalue weighted by Gasteiger charge is 2.23. The van der Waals surface area contributed by atoms with Gasteiger partial charge in [0.25, 0.3) is 0 Å². The molecular weight excluding hydrogens is 345 g/mol. The van der Waals surface area contributed by atoms with Crippen LogP contribution in [0.25, 0.3) is 0 Å². The van der Waals surface area contributed by atoms with Crippen LogP contribution >= 0.6 is 15.9 Å². The molecule has 0 aliphatic heterocycles. The average Bonchev–Trinajstić information content (AvgIpc) is 2.32. The van der Waals surface area contributed by atoms with Crippen molar-refractivity contribution in [2.45, 2.75) is 32.9 Å². The number of rotatable bonds is 4. The number of aliphatic hydroxyl groups excluding tert-OH is 1. The van der Waals surface area contributed by atoms with Crippen molar-refractivity contribution < 1.29 is 24.1 Å². The molecule has 0 heterocycles. The highest BCUT2D eigenvalue weighted by Crippen LogP contribution is 2.30. The topological polar surface area (TPSA) is 70.0 Å². The van der Waals surface area contributed by atoms with Gasteiger partial charge in [0.1, 0.15) is 17.2 Å². The van der Waals surface area contributed by atoms with Gasteiger partial charge in [0.15, 0.2) is 0 Å². The van der Waals surface area contributed by atoms with Crippen molar-refractivity contribution in [1.82, 2.24) is 4.90 Å². The fraction of sp³-hybridized carbons (Fsp3) is 0.500. The van der Waals surface area contributed by atoms with Crippen molar-refractivity contribution >= 4 is 22.0 Å². The van der Waals surface area contributed by atoms with Crippen molar-refractivity contribution in [3.05, 3.63) is 28.0 Å². The zero-order chi connectivity index (χ0) is 16.2. The number of phenols is 1. The summed E-state index contributed by atoms with van der Waals surface area (Å²) in [6.07, 6.45) is -0.642. The molecule has 0 unspecified atom stereocenters. The zero-order valence-electron chi connectivity index (χ0n) is 12.2. The first kappa shape index (κ1) is 17.7. The van der Waals surface area contributed by atoms with Gasteiger partial charge >= 0.3 is 6.09 Å². The lowest BCUT2D eigenvalue weighted by atomic mass is 10.2. The summed E-state index contributed by atoms with van der Waals surface area (Å²) in [7, 11) is 0. The highest BCUT2D eigenvalue weighted by atomic mass is 79.9. The molecule has 0 spiro atoms. The number of benzene rings is 1. The Kier molecular flexibility index (Phi) is 5.98. The van der Waals surface area contributed by atoms with Gasteiger partial charge in [-0.1, -0.05) is 0 Å². The molecule has 118 valence electrons. The number of carbonyl (C=O) groups is 1. The summed E-state index contributed by atoms with van der Waals surface area (Å²) < 4.78 is 18.8. The Bertz CT molecular complexity index is 516. The summed E-state index contributed by atoms with van der Waals surface area (Å²) in [6.45, 7) is 4.84. The van der Waals surface area contributed by atoms with E-state index in [9.17, 15) is 14.3 Å². The summed E-state index contributed by atoms with van der Waals surface area (Å²) in [5, 5.41) is 18.9. The second-order valence-corrected chi connectivity index (χ2v) is 6.38. The number of aliphatic hydroxyl groups is 1. The van der Waals surface area contributed by atoms with Crippen LogP contribution in [0.1, 0.15) is 26.3 Å². The van der Waals surface area contributed by atoms with E-state index in [1.807, 2.05) is 0 Å². The first-order chi connectivity index (χ1) is 9.64. The van der Waals surface area contributed by atoms with E-state index in [1.54, 1.807) is 20.8 Å². The summed E-state index contributed by atoms with van der Waals surface area (Å²) in [6, 6.07) is 2.26. The van der Waals surface area contributed by atoms with Gasteiger partial charge in [-0.2, -0.15) is 0 Å². The first-order valence-corrected chi connectivity index (χ1v) is 7.19. The molecule has 0 aliphatic carbocycles. The third-order valence-corrected chi connectivity index (χ3v) is 3.09. The third-order valence-electron chi connectivity index (χ3n) is 2.49. The number of phenolic OH excluding ortho intramolecular Hbond substituents is 1. The second kappa shape index (κ2) is 7.09. The van der Waals surface area contributed by atoms with E-state index in [1.165, 1.54) is 4.90 Å². The minimum Gasteiger partial charge on any atom is -0.506 e. The van der Waals surface area contributed by atoms with E-state index in [2.05, 4.69) is 15.9 Å². The normalized spacial score (nSPS) is 11.3. The van der Waals surface area contributed by atoms with E-state index in [0.29, 0.717) is 0 Å². The van der Waals surface area contributed by atoms with Gasteiger partial charge in [0, 0.05) is 12.1 Å². The Morgan fingerprint density at radius 3 is 2.57 bits per heavy atom. The van der Waals surface area contributed by atoms with E-state index in [-0.39, 0.29) is 35.5 Å².